The van der Waals surface area contributed by atoms with Gasteiger partial charge in [0.05, 0.1) is 24.1 Å². The maximum Gasteiger partial charge on any atom is 0.256 e. The number of aromatic nitrogens is 1. The molecule has 0 spiro atoms. The number of nitrogens with one attached hydrogen (secondary N) is 1. The van der Waals surface area contributed by atoms with Crippen LogP contribution >= 0.6 is 0 Å². The minimum absolute atomic E-state index is 0.00233. The normalized spacial score (nSPS) is 15.7. The molecule has 3 aromatic rings. The fraction of sp³-hybridized carbons (Fsp3) is 0.310. The second kappa shape index (κ2) is 10.8. The monoisotopic (exact) mass is 498 g/mol. The van der Waals surface area contributed by atoms with E-state index in [0.717, 1.165) is 24.2 Å². The maximum absolute atomic E-state index is 13.5. The van der Waals surface area contributed by atoms with E-state index >= 15 is 0 Å². The largest absolute Gasteiger partial charge is 0.465 e. The first kappa shape index (κ1) is 24.5. The van der Waals surface area contributed by atoms with E-state index in [-0.39, 0.29) is 30.2 Å². The van der Waals surface area contributed by atoms with Gasteiger partial charge in [-0.15, -0.1) is 0 Å². The zero-order valence-electron chi connectivity index (χ0n) is 20.9. The van der Waals surface area contributed by atoms with Gasteiger partial charge in [-0.1, -0.05) is 24.3 Å². The third-order valence-corrected chi connectivity index (χ3v) is 7.01. The number of furan rings is 1. The Morgan fingerprint density at radius 3 is 2.41 bits per heavy atom. The number of hydrogen-bond donors (Lipinski definition) is 1. The van der Waals surface area contributed by atoms with Crippen LogP contribution in [-0.2, 0) is 22.7 Å². The van der Waals surface area contributed by atoms with E-state index in [1.807, 2.05) is 36.1 Å². The summed E-state index contributed by atoms with van der Waals surface area (Å²) in [6.07, 6.45) is 5.87. The summed E-state index contributed by atoms with van der Waals surface area (Å²) < 4.78 is 5.15. The number of nitrogens with zero attached hydrogens (tertiary/aromatic N) is 3. The SMILES string of the molecule is Cc1ccc(C(=O)N2Cc3ccccc3C2)c(C2CCN(C(=O)CNC(=O)C=Cc3ccco3)CC2)n1. The van der Waals surface area contributed by atoms with Gasteiger partial charge in [0.1, 0.15) is 5.76 Å². The summed E-state index contributed by atoms with van der Waals surface area (Å²) in [6.45, 7) is 4.20. The van der Waals surface area contributed by atoms with Gasteiger partial charge in [0.25, 0.3) is 5.91 Å². The molecule has 0 atom stereocenters. The molecule has 0 saturated carbocycles. The van der Waals surface area contributed by atoms with E-state index in [2.05, 4.69) is 17.4 Å². The summed E-state index contributed by atoms with van der Waals surface area (Å²) in [4.78, 5) is 46.6. The molecule has 0 unspecified atom stereocenters. The molecule has 3 amide bonds. The Kier molecular flexibility index (Phi) is 7.16. The second-order valence-corrected chi connectivity index (χ2v) is 9.54. The van der Waals surface area contributed by atoms with Crippen molar-refractivity contribution in [2.75, 3.05) is 19.6 Å². The molecule has 8 heteroatoms. The summed E-state index contributed by atoms with van der Waals surface area (Å²) >= 11 is 0. The van der Waals surface area contributed by atoms with Crippen LogP contribution in [0.15, 0.2) is 65.3 Å². The van der Waals surface area contributed by atoms with Gasteiger partial charge in [-0.25, -0.2) is 0 Å². The molecule has 2 aliphatic heterocycles. The fourth-order valence-corrected chi connectivity index (χ4v) is 5.00. The van der Waals surface area contributed by atoms with Crippen LogP contribution in [0.5, 0.6) is 0 Å². The molecule has 1 saturated heterocycles. The van der Waals surface area contributed by atoms with Crippen molar-refractivity contribution in [3.8, 4) is 0 Å². The van der Waals surface area contributed by atoms with Crippen LogP contribution in [0.3, 0.4) is 0 Å². The lowest BCUT2D eigenvalue weighted by atomic mass is 9.89. The maximum atomic E-state index is 13.5. The highest BCUT2D eigenvalue weighted by atomic mass is 16.3. The van der Waals surface area contributed by atoms with Gasteiger partial charge in [0.15, 0.2) is 0 Å². The molecule has 4 heterocycles. The number of pyridine rings is 1. The van der Waals surface area contributed by atoms with Crippen LogP contribution < -0.4 is 5.32 Å². The average molecular weight is 499 g/mol. The number of fused-ring (bicyclic) bond motifs is 1. The van der Waals surface area contributed by atoms with Gasteiger partial charge >= 0.3 is 0 Å². The van der Waals surface area contributed by atoms with E-state index < -0.39 is 0 Å². The number of benzene rings is 1. The summed E-state index contributed by atoms with van der Waals surface area (Å²) in [6, 6.07) is 15.4. The zero-order chi connectivity index (χ0) is 25.8. The van der Waals surface area contributed by atoms with Gasteiger partial charge in [0, 0.05) is 43.9 Å². The number of carbonyl (C=O) groups excluding carboxylic acids is 3. The predicted octanol–water partition coefficient (Wildman–Crippen LogP) is 3.67. The van der Waals surface area contributed by atoms with E-state index in [1.54, 1.807) is 23.1 Å². The van der Waals surface area contributed by atoms with Gasteiger partial charge in [-0.2, -0.15) is 0 Å². The molecule has 1 aromatic carbocycles. The Bertz CT molecular complexity index is 1300. The van der Waals surface area contributed by atoms with Crippen molar-refractivity contribution in [1.82, 2.24) is 20.1 Å². The first-order valence-corrected chi connectivity index (χ1v) is 12.6. The van der Waals surface area contributed by atoms with E-state index in [9.17, 15) is 14.4 Å². The molecule has 190 valence electrons. The van der Waals surface area contributed by atoms with Crippen LogP contribution in [0.2, 0.25) is 0 Å². The molecule has 1 fully saturated rings. The van der Waals surface area contributed by atoms with Crippen molar-refractivity contribution in [2.45, 2.75) is 38.8 Å². The Balaban J connectivity index is 1.18. The van der Waals surface area contributed by atoms with Gasteiger partial charge in [-0.05, 0) is 61.2 Å². The van der Waals surface area contributed by atoms with Crippen LogP contribution in [0.1, 0.15) is 57.4 Å². The topological polar surface area (TPSA) is 95.8 Å². The minimum Gasteiger partial charge on any atom is -0.465 e. The van der Waals surface area contributed by atoms with Crippen molar-refractivity contribution < 1.29 is 18.8 Å². The Hall–Kier alpha value is -4.20. The van der Waals surface area contributed by atoms with Crippen LogP contribution in [0.4, 0.5) is 0 Å². The van der Waals surface area contributed by atoms with Crippen molar-refractivity contribution in [2.24, 2.45) is 0 Å². The quantitative estimate of drug-likeness (QED) is 0.523. The standard InChI is InChI=1S/C29H30N4O4/c1-20-8-10-25(29(36)33-18-22-5-2-3-6-23(22)19-33)28(31-20)21-12-14-32(15-13-21)27(35)17-30-26(34)11-9-24-7-4-16-37-24/h2-11,16,21H,12-15,17-19H2,1H3,(H,30,34). The van der Waals surface area contributed by atoms with E-state index in [1.165, 1.54) is 23.5 Å². The van der Waals surface area contributed by atoms with Crippen molar-refractivity contribution in [3.63, 3.8) is 0 Å². The average Bonchev–Trinajstić information content (AvgIpc) is 3.60. The number of carbonyl (C=O) groups is 3. The molecule has 2 aliphatic rings. The number of amides is 3. The molecule has 1 N–H and O–H groups in total. The Morgan fingerprint density at radius 2 is 1.73 bits per heavy atom. The van der Waals surface area contributed by atoms with E-state index in [0.29, 0.717) is 37.5 Å². The summed E-state index contributed by atoms with van der Waals surface area (Å²) in [5.41, 5.74) is 4.73. The lowest BCUT2D eigenvalue weighted by molar-refractivity contribution is -0.133. The highest BCUT2D eigenvalue weighted by molar-refractivity contribution is 5.96. The molecule has 0 radical (unpaired) electrons. The predicted molar refractivity (Wildman–Crippen MR) is 138 cm³/mol. The highest BCUT2D eigenvalue weighted by Gasteiger charge is 2.31. The molecule has 37 heavy (non-hydrogen) atoms. The van der Waals surface area contributed by atoms with Crippen LogP contribution in [0, 0.1) is 6.92 Å². The lowest BCUT2D eigenvalue weighted by Gasteiger charge is -2.33. The van der Waals surface area contributed by atoms with Gasteiger partial charge < -0.3 is 19.5 Å². The number of rotatable bonds is 6. The Morgan fingerprint density at radius 1 is 1.00 bits per heavy atom. The van der Waals surface area contributed by atoms with E-state index in [4.69, 9.17) is 9.40 Å². The van der Waals surface area contributed by atoms with Gasteiger partial charge in [-0.3, -0.25) is 19.4 Å². The van der Waals surface area contributed by atoms with Crippen molar-refractivity contribution in [1.29, 1.82) is 0 Å². The van der Waals surface area contributed by atoms with Crippen LogP contribution in [0.25, 0.3) is 6.08 Å². The lowest BCUT2D eigenvalue weighted by Crippen LogP contribution is -2.43. The molecule has 0 bridgehead atoms. The van der Waals surface area contributed by atoms with Crippen LogP contribution in [-0.4, -0.2) is 52.1 Å². The summed E-state index contributed by atoms with van der Waals surface area (Å²) in [7, 11) is 0. The molecule has 5 rings (SSSR count). The number of hydrogen-bond acceptors (Lipinski definition) is 5. The zero-order valence-corrected chi connectivity index (χ0v) is 20.9. The summed E-state index contributed by atoms with van der Waals surface area (Å²) in [5.74, 6) is 0.194. The molecular formula is C29H30N4O4. The fourth-order valence-electron chi connectivity index (χ4n) is 5.00. The smallest absolute Gasteiger partial charge is 0.256 e. The summed E-state index contributed by atoms with van der Waals surface area (Å²) in [5, 5.41) is 2.63. The molecule has 2 aromatic heterocycles. The first-order chi connectivity index (χ1) is 18.0. The molecule has 8 nitrogen and oxygen atoms in total. The minimum atomic E-state index is -0.351. The number of piperidine rings is 1. The van der Waals surface area contributed by atoms with Crippen molar-refractivity contribution in [3.05, 3.63) is 94.7 Å². The molecular weight excluding hydrogens is 468 g/mol. The molecule has 0 aliphatic carbocycles. The first-order valence-electron chi connectivity index (χ1n) is 12.6. The number of aryl methyl sites for hydroxylation is 1. The van der Waals surface area contributed by atoms with Crippen molar-refractivity contribution >= 4 is 23.8 Å². The Labute approximate surface area is 216 Å². The van der Waals surface area contributed by atoms with Gasteiger partial charge in [0.2, 0.25) is 11.8 Å². The second-order valence-electron chi connectivity index (χ2n) is 9.54. The third kappa shape index (κ3) is 5.63. The third-order valence-electron chi connectivity index (χ3n) is 7.01. The highest BCUT2D eigenvalue weighted by Crippen LogP contribution is 2.32. The number of likely N-dealkylation sites (tertiary alicyclic amines) is 1.